The van der Waals surface area contributed by atoms with Crippen molar-refractivity contribution >= 4 is 24.7 Å². The molecule has 7 aromatic rings. The van der Waals surface area contributed by atoms with Crippen molar-refractivity contribution in [3.63, 3.8) is 0 Å². The maximum Gasteiger partial charge on any atom is 0.356 e. The molecule has 0 radical (unpaired) electrons. The van der Waals surface area contributed by atoms with Gasteiger partial charge in [-0.05, 0) is 67.6 Å². The number of hydrogen-bond donors (Lipinski definition) is 1. The van der Waals surface area contributed by atoms with Gasteiger partial charge in [0, 0.05) is 0 Å². The van der Waals surface area contributed by atoms with E-state index < -0.39 is 19.2 Å². The average Bonchev–Trinajstić information content (AvgIpc) is 3.69. The first-order chi connectivity index (χ1) is 30.1. The van der Waals surface area contributed by atoms with Gasteiger partial charge in [0.2, 0.25) is 11.8 Å². The van der Waals surface area contributed by atoms with Gasteiger partial charge in [0.15, 0.2) is 11.2 Å². The summed E-state index contributed by atoms with van der Waals surface area (Å²) in [5.74, 6) is 1.32. The smallest absolute Gasteiger partial charge is 0.356 e. The fraction of sp³-hybridized carbons (Fsp3) is 0.286. The van der Waals surface area contributed by atoms with Crippen molar-refractivity contribution in [2.45, 2.75) is 71.3 Å². The number of fused-ring (bicyclic) bond motifs is 1. The molecule has 0 unspecified atom stereocenters. The predicted octanol–water partition coefficient (Wildman–Crippen LogP) is 10.4. The third kappa shape index (κ3) is 11.1. The Morgan fingerprint density at radius 3 is 1.76 bits per heavy atom. The molecule has 0 bridgehead atoms. The number of hydrogen-bond acceptors (Lipinski definition) is 11. The van der Waals surface area contributed by atoms with Crippen molar-refractivity contribution in [3.8, 4) is 11.6 Å². The van der Waals surface area contributed by atoms with Crippen molar-refractivity contribution in [1.29, 1.82) is 0 Å². The van der Waals surface area contributed by atoms with Gasteiger partial charge in [-0.2, -0.15) is 9.97 Å². The molecule has 1 N–H and O–H groups in total. The van der Waals surface area contributed by atoms with Gasteiger partial charge in [-0.3, -0.25) is 4.57 Å². The third-order valence-electron chi connectivity index (χ3n) is 9.91. The number of nitrogens with zero attached hydrogens (tertiary/aromatic N) is 4. The lowest BCUT2D eigenvalue weighted by molar-refractivity contribution is -0.0215. The monoisotopic (exact) mass is 855 g/mol. The van der Waals surface area contributed by atoms with Gasteiger partial charge in [-0.1, -0.05) is 133 Å². The summed E-state index contributed by atoms with van der Waals surface area (Å²) in [5, 5.41) is 3.80. The van der Waals surface area contributed by atoms with Crippen molar-refractivity contribution in [2.24, 2.45) is 0 Å². The second-order valence-electron chi connectivity index (χ2n) is 15.4. The molecule has 5 aromatic carbocycles. The van der Waals surface area contributed by atoms with E-state index in [1.54, 1.807) is 13.4 Å². The lowest BCUT2D eigenvalue weighted by atomic mass is 9.77. The lowest BCUT2D eigenvalue weighted by Crippen LogP contribution is -2.38. The molecule has 0 aliphatic carbocycles. The van der Waals surface area contributed by atoms with Crippen LogP contribution in [-0.2, 0) is 48.4 Å². The van der Waals surface area contributed by atoms with Crippen LogP contribution in [0.2, 0.25) is 0 Å². The summed E-state index contributed by atoms with van der Waals surface area (Å²) in [7, 11) is -2.00. The molecular weight excluding hydrogens is 802 g/mol. The van der Waals surface area contributed by atoms with Gasteiger partial charge in [0.05, 0.1) is 51.5 Å². The zero-order chi connectivity index (χ0) is 43.4. The summed E-state index contributed by atoms with van der Waals surface area (Å²) >= 11 is 0. The largest absolute Gasteiger partial charge is 0.497 e. The number of aromatic nitrogens is 4. The SMILES string of the molecule is COc1ccc(C(Nc2nc(OCc3ccccc3)c3ncn(C[C@@H](COCc4ccccc4)OCP(=O)(OC(C)C)OC(C)C)c3n2)(c2ccccc2)c2ccccc2)cc1. The summed E-state index contributed by atoms with van der Waals surface area (Å²) in [6.07, 6.45) is 0.0975. The second kappa shape index (κ2) is 20.8. The van der Waals surface area contributed by atoms with Crippen LogP contribution in [0.15, 0.2) is 152 Å². The molecule has 2 aromatic heterocycles. The Kier molecular flexibility index (Phi) is 14.8. The lowest BCUT2D eigenvalue weighted by Gasteiger charge is -2.37. The molecular formula is C49H54N5O7P. The van der Waals surface area contributed by atoms with Crippen LogP contribution in [0.3, 0.4) is 0 Å². The first-order valence-electron chi connectivity index (χ1n) is 20.8. The highest BCUT2D eigenvalue weighted by atomic mass is 31.2. The second-order valence-corrected chi connectivity index (χ2v) is 17.3. The van der Waals surface area contributed by atoms with Gasteiger partial charge < -0.3 is 37.9 Å². The van der Waals surface area contributed by atoms with Crippen molar-refractivity contribution in [2.75, 3.05) is 25.4 Å². The topological polar surface area (TPSA) is 128 Å². The van der Waals surface area contributed by atoms with Gasteiger partial charge in [0.1, 0.15) is 24.2 Å². The van der Waals surface area contributed by atoms with E-state index in [-0.39, 0.29) is 38.3 Å². The van der Waals surface area contributed by atoms with Crippen LogP contribution in [0.1, 0.15) is 55.5 Å². The van der Waals surface area contributed by atoms with E-state index in [1.807, 2.05) is 154 Å². The van der Waals surface area contributed by atoms with Crippen LogP contribution in [0.25, 0.3) is 11.2 Å². The van der Waals surface area contributed by atoms with E-state index in [1.165, 1.54) is 0 Å². The molecule has 7 rings (SSSR count). The Hall–Kier alpha value is -5.88. The number of rotatable bonds is 22. The first kappa shape index (κ1) is 44.2. The van der Waals surface area contributed by atoms with Crippen LogP contribution < -0.4 is 14.8 Å². The Morgan fingerprint density at radius 1 is 0.677 bits per heavy atom. The number of ether oxygens (including phenoxy) is 4. The minimum atomic E-state index is -3.65. The van der Waals surface area contributed by atoms with Crippen LogP contribution in [0.4, 0.5) is 5.95 Å². The Bertz CT molecular complexity index is 2440. The Labute approximate surface area is 363 Å². The van der Waals surface area contributed by atoms with Gasteiger partial charge in [0.25, 0.3) is 0 Å². The molecule has 0 aliphatic heterocycles. The van der Waals surface area contributed by atoms with E-state index >= 15 is 0 Å². The van der Waals surface area contributed by atoms with Crippen molar-refractivity contribution < 1.29 is 32.6 Å². The number of benzene rings is 5. The van der Waals surface area contributed by atoms with Crippen LogP contribution in [0, 0.1) is 0 Å². The van der Waals surface area contributed by atoms with E-state index in [0.29, 0.717) is 29.6 Å². The van der Waals surface area contributed by atoms with Crippen LogP contribution in [-0.4, -0.2) is 57.9 Å². The molecule has 0 spiro atoms. The molecule has 0 aliphatic rings. The van der Waals surface area contributed by atoms with Crippen molar-refractivity contribution in [1.82, 2.24) is 19.5 Å². The van der Waals surface area contributed by atoms with Gasteiger partial charge in [-0.15, -0.1) is 0 Å². The predicted molar refractivity (Wildman–Crippen MR) is 241 cm³/mol. The highest BCUT2D eigenvalue weighted by molar-refractivity contribution is 7.53. The van der Waals surface area contributed by atoms with Gasteiger partial charge >= 0.3 is 7.60 Å². The minimum Gasteiger partial charge on any atom is -0.497 e. The molecule has 2 heterocycles. The Balaban J connectivity index is 1.31. The van der Waals surface area contributed by atoms with E-state index in [2.05, 4.69) is 29.6 Å². The maximum absolute atomic E-state index is 14.0. The fourth-order valence-corrected chi connectivity index (χ4v) is 9.07. The van der Waals surface area contributed by atoms with Crippen LogP contribution in [0.5, 0.6) is 11.6 Å². The summed E-state index contributed by atoms with van der Waals surface area (Å²) in [5.41, 5.74) is 4.80. The highest BCUT2D eigenvalue weighted by Crippen LogP contribution is 2.50. The first-order valence-corrected chi connectivity index (χ1v) is 22.5. The molecule has 0 fully saturated rings. The third-order valence-corrected chi connectivity index (χ3v) is 11.9. The van der Waals surface area contributed by atoms with Crippen molar-refractivity contribution in [3.05, 3.63) is 180 Å². The number of imidazole rings is 1. The summed E-state index contributed by atoms with van der Waals surface area (Å²) in [6.45, 7) is 8.26. The molecule has 0 saturated carbocycles. The minimum absolute atomic E-state index is 0.161. The average molecular weight is 856 g/mol. The summed E-state index contributed by atoms with van der Waals surface area (Å²) in [6, 6.07) is 48.2. The summed E-state index contributed by atoms with van der Waals surface area (Å²) < 4.78 is 52.2. The standard InChI is InChI=1S/C49H54N5O7P/c1-36(2)60-62(55,61-37(3)4)35-59-44(33-57-31-38-18-10-6-11-19-38)30-54-34-50-45-46(54)51-48(52-47(45)58-32-39-20-12-7-13-21-39)53-49(40-22-14-8-15-23-40,41-24-16-9-17-25-41)42-26-28-43(56-5)29-27-42/h6-29,34,36-37,44H,30-33,35H2,1-5H3,(H,51,52,53)/t44-/m0/s1. The maximum atomic E-state index is 14.0. The molecule has 0 amide bonds. The molecule has 12 nitrogen and oxygen atoms in total. The quantitative estimate of drug-likeness (QED) is 0.0517. The molecule has 1 atom stereocenters. The van der Waals surface area contributed by atoms with E-state index in [4.69, 9.17) is 42.9 Å². The van der Waals surface area contributed by atoms with Crippen LogP contribution >= 0.6 is 7.60 Å². The summed E-state index contributed by atoms with van der Waals surface area (Å²) in [4.78, 5) is 15.0. The molecule has 13 heteroatoms. The van der Waals surface area contributed by atoms with E-state index in [0.717, 1.165) is 33.6 Å². The number of nitrogens with one attached hydrogen (secondary N) is 1. The Morgan fingerprint density at radius 2 is 1.21 bits per heavy atom. The number of anilines is 1. The normalized spacial score (nSPS) is 12.5. The number of methoxy groups -OCH3 is 1. The zero-order valence-corrected chi connectivity index (χ0v) is 36.7. The highest BCUT2D eigenvalue weighted by Gasteiger charge is 2.38. The fourth-order valence-electron chi connectivity index (χ4n) is 7.22. The van der Waals surface area contributed by atoms with E-state index in [9.17, 15) is 4.57 Å². The van der Waals surface area contributed by atoms with Gasteiger partial charge in [-0.25, -0.2) is 4.98 Å². The molecule has 62 heavy (non-hydrogen) atoms. The molecule has 0 saturated heterocycles. The zero-order valence-electron chi connectivity index (χ0n) is 35.8. The molecule has 322 valence electrons.